The first kappa shape index (κ1) is 26.9. The lowest BCUT2D eigenvalue weighted by molar-refractivity contribution is -0.137. The van der Waals surface area contributed by atoms with Gasteiger partial charge in [-0.2, -0.15) is 18.2 Å². The van der Waals surface area contributed by atoms with Crippen molar-refractivity contribution in [2.45, 2.75) is 63.3 Å². The minimum atomic E-state index is -4.55. The molecule has 0 radical (unpaired) electrons. The van der Waals surface area contributed by atoms with Crippen LogP contribution in [0.3, 0.4) is 0 Å². The first-order chi connectivity index (χ1) is 18.4. The monoisotopic (exact) mass is 544 g/mol. The van der Waals surface area contributed by atoms with E-state index < -0.39 is 29.1 Å². The molecule has 3 aromatic rings. The van der Waals surface area contributed by atoms with Crippen molar-refractivity contribution in [2.75, 3.05) is 31.2 Å². The lowest BCUT2D eigenvalue weighted by Crippen LogP contribution is -2.45. The van der Waals surface area contributed by atoms with Gasteiger partial charge in [-0.15, -0.1) is 0 Å². The van der Waals surface area contributed by atoms with Crippen molar-refractivity contribution >= 4 is 28.3 Å². The van der Waals surface area contributed by atoms with E-state index in [1.165, 1.54) is 6.07 Å². The Balaban J connectivity index is 1.59. The molecule has 0 spiro atoms. The number of nitrogens with one attached hydrogen (secondary N) is 2. The summed E-state index contributed by atoms with van der Waals surface area (Å²) in [5.41, 5.74) is 5.86. The summed E-state index contributed by atoms with van der Waals surface area (Å²) in [6, 6.07) is 4.57. The molecule has 12 heteroatoms. The number of nitrogens with zero attached hydrogens (tertiary/aromatic N) is 3. The topological polar surface area (TPSA) is 126 Å². The van der Waals surface area contributed by atoms with Crippen LogP contribution < -0.4 is 16.7 Å². The maximum atomic E-state index is 13.4. The summed E-state index contributed by atoms with van der Waals surface area (Å²) < 4.78 is 46.3. The van der Waals surface area contributed by atoms with Crippen LogP contribution in [0.1, 0.15) is 74.0 Å². The predicted octanol–water partition coefficient (Wildman–Crippen LogP) is 4.45. The minimum absolute atomic E-state index is 0.00215. The number of benzene rings is 1. The lowest BCUT2D eigenvalue weighted by atomic mass is 9.86. The molecule has 2 aromatic heterocycles. The van der Waals surface area contributed by atoms with Gasteiger partial charge in [-0.05, 0) is 62.4 Å². The van der Waals surface area contributed by atoms with Crippen LogP contribution in [0.15, 0.2) is 29.1 Å². The van der Waals surface area contributed by atoms with E-state index in [4.69, 9.17) is 15.5 Å². The fourth-order valence-electron chi connectivity index (χ4n) is 5.30. The number of nitrogens with two attached hydrogens (primary N) is 1. The molecular formula is C27H31F3N6O3. The number of pyridine rings is 1. The molecule has 1 aromatic carbocycles. The highest BCUT2D eigenvalue weighted by atomic mass is 19.4. The Hall–Kier alpha value is -3.67. The summed E-state index contributed by atoms with van der Waals surface area (Å²) in [5.74, 6) is 0.405. The highest BCUT2D eigenvalue weighted by Crippen LogP contribution is 2.45. The van der Waals surface area contributed by atoms with E-state index in [0.29, 0.717) is 48.1 Å². The molecule has 5 rings (SSSR count). The number of anilines is 2. The quantitative estimate of drug-likeness (QED) is 0.391. The standard InChI is InChI=1S/C27H31F3N6O3/c1-14(17-10-18(27(28,29)30)12-19(31)11-17)32-24-20-13-21(26(39-3)6-8-36(9-7-26)15(2)37)33-22(16-4-5-16)23(20)34-25(38)35-24/h10-14,16H,4-9,31H2,1-3H3,(H2,32,34,35,38)/t14-/m1/s1. The zero-order valence-corrected chi connectivity index (χ0v) is 22.0. The van der Waals surface area contributed by atoms with Gasteiger partial charge in [-0.25, -0.2) is 4.79 Å². The van der Waals surface area contributed by atoms with Crippen molar-refractivity contribution < 1.29 is 22.7 Å². The second-order valence-electron chi connectivity index (χ2n) is 10.4. The Morgan fingerprint density at radius 2 is 1.90 bits per heavy atom. The number of H-pyrrole nitrogens is 1. The first-order valence-electron chi connectivity index (χ1n) is 12.9. The molecule has 2 aliphatic rings. The third-order valence-electron chi connectivity index (χ3n) is 7.74. The number of hydrogen-bond acceptors (Lipinski definition) is 7. The second kappa shape index (κ2) is 9.82. The fraction of sp³-hybridized carbons (Fsp3) is 0.481. The van der Waals surface area contributed by atoms with Crippen LogP contribution in [-0.2, 0) is 21.3 Å². The molecular weight excluding hydrogens is 513 g/mol. The number of aromatic amines is 1. The van der Waals surface area contributed by atoms with Gasteiger partial charge in [0.15, 0.2) is 0 Å². The average molecular weight is 545 g/mol. The molecule has 39 heavy (non-hydrogen) atoms. The second-order valence-corrected chi connectivity index (χ2v) is 10.4. The molecule has 1 aliphatic carbocycles. The molecule has 9 nitrogen and oxygen atoms in total. The summed E-state index contributed by atoms with van der Waals surface area (Å²) in [4.78, 5) is 38.2. The van der Waals surface area contributed by atoms with Crippen molar-refractivity contribution in [3.05, 3.63) is 57.3 Å². The molecule has 1 atom stereocenters. The highest BCUT2D eigenvalue weighted by molar-refractivity contribution is 5.91. The molecule has 3 heterocycles. The van der Waals surface area contributed by atoms with Gasteiger partial charge >= 0.3 is 11.9 Å². The summed E-state index contributed by atoms with van der Waals surface area (Å²) in [6.07, 6.45) is -1.60. The number of hydrogen-bond donors (Lipinski definition) is 3. The van der Waals surface area contributed by atoms with Gasteiger partial charge in [-0.1, -0.05) is 0 Å². The Bertz CT molecular complexity index is 1480. The Kier molecular flexibility index (Phi) is 6.78. The van der Waals surface area contributed by atoms with E-state index in [1.54, 1.807) is 25.9 Å². The minimum Gasteiger partial charge on any atom is -0.399 e. The van der Waals surface area contributed by atoms with Crippen molar-refractivity contribution in [3.8, 4) is 0 Å². The maximum Gasteiger partial charge on any atom is 0.416 e. The van der Waals surface area contributed by atoms with Crippen molar-refractivity contribution in [3.63, 3.8) is 0 Å². The van der Waals surface area contributed by atoms with Crippen molar-refractivity contribution in [2.24, 2.45) is 0 Å². The molecule has 0 unspecified atom stereocenters. The van der Waals surface area contributed by atoms with E-state index in [-0.39, 0.29) is 23.3 Å². The molecule has 1 aliphatic heterocycles. The van der Waals surface area contributed by atoms with E-state index in [9.17, 15) is 22.8 Å². The van der Waals surface area contributed by atoms with E-state index in [0.717, 1.165) is 30.7 Å². The van der Waals surface area contributed by atoms with E-state index in [1.807, 2.05) is 6.07 Å². The number of carbonyl (C=O) groups is 1. The Labute approximate surface area is 223 Å². The van der Waals surface area contributed by atoms with Gasteiger partial charge in [0.25, 0.3) is 0 Å². The highest BCUT2D eigenvalue weighted by Gasteiger charge is 2.40. The van der Waals surface area contributed by atoms with Crippen LogP contribution in [0.2, 0.25) is 0 Å². The number of amides is 1. The molecule has 1 saturated heterocycles. The third kappa shape index (κ3) is 5.29. The number of ether oxygens (including phenoxy) is 1. The summed E-state index contributed by atoms with van der Waals surface area (Å²) in [5, 5.41) is 3.74. The molecule has 1 amide bonds. The number of nitrogen functional groups attached to an aromatic ring is 1. The zero-order chi connectivity index (χ0) is 28.1. The molecule has 208 valence electrons. The summed E-state index contributed by atoms with van der Waals surface area (Å²) in [7, 11) is 1.62. The van der Waals surface area contributed by atoms with Crippen LogP contribution in [0, 0.1) is 0 Å². The number of piperidine rings is 1. The Morgan fingerprint density at radius 1 is 1.21 bits per heavy atom. The van der Waals surface area contributed by atoms with E-state index in [2.05, 4.69) is 15.3 Å². The number of carbonyl (C=O) groups excluding carboxylic acids is 1. The number of alkyl halides is 3. The van der Waals surface area contributed by atoms with Gasteiger partial charge in [0, 0.05) is 44.1 Å². The largest absolute Gasteiger partial charge is 0.416 e. The average Bonchev–Trinajstić information content (AvgIpc) is 3.72. The van der Waals surface area contributed by atoms with Gasteiger partial charge in [0.05, 0.1) is 28.5 Å². The van der Waals surface area contributed by atoms with Gasteiger partial charge in [0.1, 0.15) is 11.4 Å². The van der Waals surface area contributed by atoms with Crippen LogP contribution >= 0.6 is 0 Å². The number of aromatic nitrogens is 3. The lowest BCUT2D eigenvalue weighted by Gasteiger charge is -2.40. The van der Waals surface area contributed by atoms with Crippen LogP contribution in [0.4, 0.5) is 24.7 Å². The smallest absolute Gasteiger partial charge is 0.399 e. The van der Waals surface area contributed by atoms with Crippen molar-refractivity contribution in [1.29, 1.82) is 0 Å². The number of fused-ring (bicyclic) bond motifs is 1. The van der Waals surface area contributed by atoms with Crippen LogP contribution in [-0.4, -0.2) is 46.0 Å². The van der Waals surface area contributed by atoms with Gasteiger partial charge in [-0.3, -0.25) is 9.78 Å². The van der Waals surface area contributed by atoms with Gasteiger partial charge < -0.3 is 25.7 Å². The molecule has 2 fully saturated rings. The molecule has 1 saturated carbocycles. The van der Waals surface area contributed by atoms with E-state index >= 15 is 0 Å². The maximum absolute atomic E-state index is 13.4. The number of likely N-dealkylation sites (tertiary alicyclic amines) is 1. The Morgan fingerprint density at radius 3 is 2.49 bits per heavy atom. The third-order valence-corrected chi connectivity index (χ3v) is 7.74. The normalized spacial score (nSPS) is 18.3. The summed E-state index contributed by atoms with van der Waals surface area (Å²) >= 11 is 0. The fourth-order valence-corrected chi connectivity index (χ4v) is 5.30. The number of halogens is 3. The SMILES string of the molecule is COC1(c2cc3c(N[C@H](C)c4cc(N)cc(C(F)(F)F)c4)nc(=O)[nH]c3c(C3CC3)n2)CCN(C(C)=O)CC1. The predicted molar refractivity (Wildman–Crippen MR) is 140 cm³/mol. The molecule has 0 bridgehead atoms. The van der Waals surface area contributed by atoms with Crippen LogP contribution in [0.5, 0.6) is 0 Å². The number of rotatable bonds is 6. The van der Waals surface area contributed by atoms with Crippen molar-refractivity contribution in [1.82, 2.24) is 19.9 Å². The summed E-state index contributed by atoms with van der Waals surface area (Å²) in [6.45, 7) is 4.26. The molecule has 4 N–H and O–H groups in total. The van der Waals surface area contributed by atoms with Crippen LogP contribution in [0.25, 0.3) is 10.9 Å². The van der Waals surface area contributed by atoms with Gasteiger partial charge in [0.2, 0.25) is 5.91 Å². The zero-order valence-electron chi connectivity index (χ0n) is 22.0. The first-order valence-corrected chi connectivity index (χ1v) is 12.9. The number of methoxy groups -OCH3 is 1.